The maximum atomic E-state index is 12.3. The summed E-state index contributed by atoms with van der Waals surface area (Å²) in [7, 11) is -3.90. The highest BCUT2D eigenvalue weighted by atomic mass is 79.9. The monoisotopic (exact) mass is 393 g/mol. The Balaban J connectivity index is 2.05. The van der Waals surface area contributed by atoms with Crippen LogP contribution >= 0.6 is 38.9 Å². The second-order valence-electron chi connectivity index (χ2n) is 3.59. The number of rotatable bonds is 3. The molecule has 0 aliphatic heterocycles. The van der Waals surface area contributed by atoms with Gasteiger partial charge in [-0.1, -0.05) is 11.6 Å². The zero-order valence-corrected chi connectivity index (χ0v) is 13.5. The molecule has 0 fully saturated rings. The number of hydrogen-bond donors (Lipinski definition) is 1. The van der Waals surface area contributed by atoms with Crippen LogP contribution in [0.25, 0.3) is 4.96 Å². The van der Waals surface area contributed by atoms with E-state index >= 15 is 0 Å². The number of thiazole rings is 1. The third-order valence-electron chi connectivity index (χ3n) is 2.29. The summed E-state index contributed by atoms with van der Waals surface area (Å²) in [5, 5.41) is 1.51. The molecule has 0 saturated heterocycles. The van der Waals surface area contributed by atoms with Gasteiger partial charge in [-0.2, -0.15) is 8.42 Å². The van der Waals surface area contributed by atoms with Crippen LogP contribution in [-0.4, -0.2) is 27.8 Å². The van der Waals surface area contributed by atoms with Gasteiger partial charge in [0.05, 0.1) is 12.4 Å². The maximum absolute atomic E-state index is 12.3. The third-order valence-corrected chi connectivity index (χ3v) is 5.21. The maximum Gasteiger partial charge on any atom is 0.282 e. The van der Waals surface area contributed by atoms with E-state index in [0.717, 1.165) is 0 Å². The smallest absolute Gasteiger partial charge is 0.278 e. The molecule has 3 heterocycles. The zero-order chi connectivity index (χ0) is 14.3. The highest BCUT2D eigenvalue weighted by Gasteiger charge is 2.25. The molecule has 0 spiro atoms. The minimum absolute atomic E-state index is 0.0885. The molecule has 0 atom stereocenters. The molecule has 7 nitrogen and oxygen atoms in total. The van der Waals surface area contributed by atoms with Crippen molar-refractivity contribution in [3.63, 3.8) is 0 Å². The van der Waals surface area contributed by atoms with Crippen molar-refractivity contribution in [1.29, 1.82) is 0 Å². The van der Waals surface area contributed by atoms with Crippen LogP contribution in [-0.2, 0) is 10.0 Å². The van der Waals surface area contributed by atoms with Crippen LogP contribution in [0.4, 0.5) is 5.82 Å². The summed E-state index contributed by atoms with van der Waals surface area (Å²) in [6.45, 7) is 0. The van der Waals surface area contributed by atoms with Crippen LogP contribution in [0.3, 0.4) is 0 Å². The summed E-state index contributed by atoms with van der Waals surface area (Å²) in [6.07, 6.45) is 4.26. The average molecular weight is 395 g/mol. The molecule has 0 aliphatic carbocycles. The van der Waals surface area contributed by atoms with Gasteiger partial charge < -0.3 is 0 Å². The van der Waals surface area contributed by atoms with Gasteiger partial charge in [-0.25, -0.2) is 15.0 Å². The molecular formula is C9H5BrClN5O2S2. The minimum Gasteiger partial charge on any atom is -0.278 e. The van der Waals surface area contributed by atoms with E-state index in [-0.39, 0.29) is 16.0 Å². The Morgan fingerprint density at radius 1 is 1.35 bits per heavy atom. The lowest BCUT2D eigenvalue weighted by Gasteiger charge is -2.06. The number of halogens is 2. The summed E-state index contributed by atoms with van der Waals surface area (Å²) >= 11 is 10.3. The Labute approximate surface area is 130 Å². The van der Waals surface area contributed by atoms with Gasteiger partial charge in [0, 0.05) is 11.6 Å². The molecule has 20 heavy (non-hydrogen) atoms. The summed E-state index contributed by atoms with van der Waals surface area (Å²) in [6, 6.07) is 0. The molecule has 0 amide bonds. The van der Waals surface area contributed by atoms with Crippen LogP contribution in [0.2, 0.25) is 5.15 Å². The van der Waals surface area contributed by atoms with E-state index in [1.807, 2.05) is 0 Å². The second-order valence-corrected chi connectivity index (χ2v) is 7.23. The molecule has 0 unspecified atom stereocenters. The number of hydrogen-bond acceptors (Lipinski definition) is 6. The van der Waals surface area contributed by atoms with Gasteiger partial charge in [-0.3, -0.25) is 9.12 Å². The van der Waals surface area contributed by atoms with Gasteiger partial charge >= 0.3 is 0 Å². The van der Waals surface area contributed by atoms with Crippen molar-refractivity contribution in [3.8, 4) is 0 Å². The molecule has 3 aromatic rings. The number of aromatic nitrogens is 4. The van der Waals surface area contributed by atoms with Gasteiger partial charge in [0.1, 0.15) is 4.60 Å². The van der Waals surface area contributed by atoms with Crippen molar-refractivity contribution < 1.29 is 8.42 Å². The highest BCUT2D eigenvalue weighted by molar-refractivity contribution is 9.10. The SMILES string of the molecule is O=S(=O)(Nc1cnc(Br)cn1)c1c(Cl)nc2sccn12. The first-order valence-corrected chi connectivity index (χ1v) is 8.62. The van der Waals surface area contributed by atoms with Crippen molar-refractivity contribution in [2.75, 3.05) is 4.72 Å². The number of nitrogens with one attached hydrogen (secondary N) is 1. The van der Waals surface area contributed by atoms with Crippen molar-refractivity contribution in [3.05, 3.63) is 33.7 Å². The normalized spacial score (nSPS) is 11.9. The van der Waals surface area contributed by atoms with E-state index in [1.54, 1.807) is 11.6 Å². The Hall–Kier alpha value is -1.23. The number of fused-ring (bicyclic) bond motifs is 1. The first kappa shape index (κ1) is 13.7. The topological polar surface area (TPSA) is 89.2 Å². The van der Waals surface area contributed by atoms with E-state index in [2.05, 4.69) is 35.6 Å². The van der Waals surface area contributed by atoms with Crippen molar-refractivity contribution in [1.82, 2.24) is 19.4 Å². The Morgan fingerprint density at radius 2 is 2.15 bits per heavy atom. The largest absolute Gasteiger partial charge is 0.282 e. The number of imidazole rings is 1. The van der Waals surface area contributed by atoms with Crippen molar-refractivity contribution >= 4 is 59.7 Å². The molecule has 3 rings (SSSR count). The lowest BCUT2D eigenvalue weighted by molar-refractivity contribution is 0.596. The summed E-state index contributed by atoms with van der Waals surface area (Å²) < 4.78 is 28.9. The second kappa shape index (κ2) is 4.95. The van der Waals surface area contributed by atoms with Crippen LogP contribution in [0.1, 0.15) is 0 Å². The van der Waals surface area contributed by atoms with Crippen LogP contribution in [0, 0.1) is 0 Å². The molecule has 3 aromatic heterocycles. The lowest BCUT2D eigenvalue weighted by atomic mass is 10.7. The molecule has 11 heteroatoms. The average Bonchev–Trinajstić information content (AvgIpc) is 2.91. The minimum atomic E-state index is -3.90. The summed E-state index contributed by atoms with van der Waals surface area (Å²) in [5.74, 6) is 0.0921. The van der Waals surface area contributed by atoms with Gasteiger partial charge in [0.15, 0.2) is 21.0 Å². The van der Waals surface area contributed by atoms with E-state index < -0.39 is 10.0 Å². The van der Waals surface area contributed by atoms with Gasteiger partial charge in [-0.05, 0) is 15.9 Å². The van der Waals surface area contributed by atoms with Crippen LogP contribution in [0.15, 0.2) is 33.6 Å². The number of anilines is 1. The molecule has 104 valence electrons. The molecule has 0 bridgehead atoms. The van der Waals surface area contributed by atoms with Gasteiger partial charge in [0.25, 0.3) is 10.0 Å². The fourth-order valence-electron chi connectivity index (χ4n) is 1.53. The fourth-order valence-corrected chi connectivity index (χ4v) is 4.18. The van der Waals surface area contributed by atoms with E-state index in [9.17, 15) is 8.42 Å². The van der Waals surface area contributed by atoms with E-state index in [1.165, 1.54) is 28.1 Å². The predicted octanol–water partition coefficient (Wildman–Crippen LogP) is 2.40. The van der Waals surface area contributed by atoms with Crippen molar-refractivity contribution in [2.24, 2.45) is 0 Å². The molecule has 0 radical (unpaired) electrons. The van der Waals surface area contributed by atoms with Crippen LogP contribution < -0.4 is 4.72 Å². The molecule has 1 N–H and O–H groups in total. The van der Waals surface area contributed by atoms with Gasteiger partial charge in [-0.15, -0.1) is 11.3 Å². The fraction of sp³-hybridized carbons (Fsp3) is 0. The predicted molar refractivity (Wildman–Crippen MR) is 78.6 cm³/mol. The first-order valence-electron chi connectivity index (χ1n) is 5.09. The molecule has 0 aliphatic rings. The Kier molecular flexibility index (Phi) is 3.40. The zero-order valence-electron chi connectivity index (χ0n) is 9.49. The summed E-state index contributed by atoms with van der Waals surface area (Å²) in [4.78, 5) is 12.3. The quantitative estimate of drug-likeness (QED) is 0.737. The Morgan fingerprint density at radius 3 is 2.85 bits per heavy atom. The highest BCUT2D eigenvalue weighted by Crippen LogP contribution is 2.26. The third kappa shape index (κ3) is 2.39. The lowest BCUT2D eigenvalue weighted by Crippen LogP contribution is -2.16. The van der Waals surface area contributed by atoms with Crippen molar-refractivity contribution in [2.45, 2.75) is 5.03 Å². The van der Waals surface area contributed by atoms with Gasteiger partial charge in [0.2, 0.25) is 0 Å². The Bertz CT molecular complexity index is 874. The number of sulfonamides is 1. The van der Waals surface area contributed by atoms with E-state index in [0.29, 0.717) is 9.56 Å². The first-order chi connectivity index (χ1) is 9.47. The molecule has 0 aromatic carbocycles. The molecular weight excluding hydrogens is 390 g/mol. The van der Waals surface area contributed by atoms with Crippen LogP contribution in [0.5, 0.6) is 0 Å². The molecule has 0 saturated carbocycles. The van der Waals surface area contributed by atoms with E-state index in [4.69, 9.17) is 11.6 Å². The standard InChI is InChI=1S/C9H5BrClN5O2S2/c10-5-3-13-6(4-12-5)15-20(17,18)8-7(11)14-9-16(8)1-2-19-9/h1-4H,(H,13,15). The summed E-state index contributed by atoms with van der Waals surface area (Å²) in [5.41, 5.74) is 0. The number of nitrogens with zero attached hydrogens (tertiary/aromatic N) is 4.